The molecule has 2 unspecified atom stereocenters. The molecule has 2 aliphatic rings. The zero-order chi connectivity index (χ0) is 20.0. The van der Waals surface area contributed by atoms with Crippen molar-refractivity contribution in [3.63, 3.8) is 0 Å². The molecule has 0 aromatic rings. The lowest BCUT2D eigenvalue weighted by Gasteiger charge is -2.37. The Morgan fingerprint density at radius 1 is 1.11 bits per heavy atom. The van der Waals surface area contributed by atoms with Gasteiger partial charge < -0.3 is 25.1 Å². The molecule has 2 fully saturated rings. The van der Waals surface area contributed by atoms with E-state index in [0.29, 0.717) is 19.5 Å². The van der Waals surface area contributed by atoms with Gasteiger partial charge in [0.15, 0.2) is 0 Å². The number of rotatable bonds is 6. The summed E-state index contributed by atoms with van der Waals surface area (Å²) in [4.78, 5) is 52.9. The molecule has 2 atom stereocenters. The molecule has 0 saturated carbocycles. The number of likely N-dealkylation sites (tertiary alicyclic amines) is 2. The van der Waals surface area contributed by atoms with Gasteiger partial charge in [0.1, 0.15) is 6.04 Å². The number of piperidine rings is 1. The van der Waals surface area contributed by atoms with E-state index in [2.05, 4.69) is 5.32 Å². The SMILES string of the molecule is CC(=O)NCCN(C(=O)C1CCCN(C(=O)N2CCCC2)C1)C(C)C(=O)O. The highest BCUT2D eigenvalue weighted by Crippen LogP contribution is 2.22. The summed E-state index contributed by atoms with van der Waals surface area (Å²) >= 11 is 0. The third-order valence-electron chi connectivity index (χ3n) is 5.25. The molecule has 0 bridgehead atoms. The van der Waals surface area contributed by atoms with Crippen molar-refractivity contribution in [1.29, 1.82) is 0 Å². The molecule has 2 N–H and O–H groups in total. The van der Waals surface area contributed by atoms with E-state index in [0.717, 1.165) is 32.4 Å². The van der Waals surface area contributed by atoms with Gasteiger partial charge in [0, 0.05) is 46.2 Å². The standard InChI is InChI=1S/C18H30N4O5/c1-13(17(25)26)22(11-7-19-14(2)23)16(24)15-6-5-10-21(12-15)18(27)20-8-3-4-9-20/h13,15H,3-12H2,1-2H3,(H,19,23)(H,25,26). The number of carbonyl (C=O) groups excluding carboxylic acids is 3. The van der Waals surface area contributed by atoms with Gasteiger partial charge in [0.2, 0.25) is 11.8 Å². The number of amides is 4. The maximum atomic E-state index is 13.0. The van der Waals surface area contributed by atoms with Crippen LogP contribution in [0.3, 0.4) is 0 Å². The van der Waals surface area contributed by atoms with Gasteiger partial charge in [0.05, 0.1) is 5.92 Å². The van der Waals surface area contributed by atoms with E-state index in [1.165, 1.54) is 18.7 Å². The lowest BCUT2D eigenvalue weighted by Crippen LogP contribution is -2.53. The van der Waals surface area contributed by atoms with Gasteiger partial charge in [-0.2, -0.15) is 0 Å². The summed E-state index contributed by atoms with van der Waals surface area (Å²) in [5, 5.41) is 11.9. The average Bonchev–Trinajstić information content (AvgIpc) is 3.18. The summed E-state index contributed by atoms with van der Waals surface area (Å²) in [7, 11) is 0. The first-order valence-corrected chi connectivity index (χ1v) is 9.63. The predicted molar refractivity (Wildman–Crippen MR) is 98.0 cm³/mol. The normalized spacial score (nSPS) is 20.9. The molecule has 9 heteroatoms. The van der Waals surface area contributed by atoms with Crippen LogP contribution < -0.4 is 5.32 Å². The van der Waals surface area contributed by atoms with Crippen LogP contribution in [0, 0.1) is 5.92 Å². The number of carboxylic acids is 1. The minimum absolute atomic E-state index is 0.0268. The van der Waals surface area contributed by atoms with Crippen molar-refractivity contribution in [2.75, 3.05) is 39.3 Å². The number of nitrogens with one attached hydrogen (secondary N) is 1. The van der Waals surface area contributed by atoms with Crippen LogP contribution in [0.1, 0.15) is 39.5 Å². The topological polar surface area (TPSA) is 110 Å². The van der Waals surface area contributed by atoms with Crippen molar-refractivity contribution in [2.24, 2.45) is 5.92 Å². The van der Waals surface area contributed by atoms with E-state index >= 15 is 0 Å². The fraction of sp³-hybridized carbons (Fsp3) is 0.778. The van der Waals surface area contributed by atoms with Crippen molar-refractivity contribution in [3.8, 4) is 0 Å². The van der Waals surface area contributed by atoms with Gasteiger partial charge in [-0.1, -0.05) is 0 Å². The Balaban J connectivity index is 2.02. The Hall–Kier alpha value is -2.32. The Morgan fingerprint density at radius 3 is 2.33 bits per heavy atom. The second-order valence-electron chi connectivity index (χ2n) is 7.29. The molecule has 0 aromatic heterocycles. The number of hydrogen-bond donors (Lipinski definition) is 2. The summed E-state index contributed by atoms with van der Waals surface area (Å²) in [6.45, 7) is 5.61. The van der Waals surface area contributed by atoms with Gasteiger partial charge in [-0.15, -0.1) is 0 Å². The molecular formula is C18H30N4O5. The maximum absolute atomic E-state index is 13.0. The van der Waals surface area contributed by atoms with Crippen LogP contribution in [-0.2, 0) is 14.4 Å². The minimum atomic E-state index is -1.09. The quantitative estimate of drug-likeness (QED) is 0.689. The summed E-state index contributed by atoms with van der Waals surface area (Å²) in [5.74, 6) is -2.00. The van der Waals surface area contributed by atoms with Crippen LogP contribution >= 0.6 is 0 Å². The van der Waals surface area contributed by atoms with E-state index in [-0.39, 0.29) is 30.9 Å². The second-order valence-corrected chi connectivity index (χ2v) is 7.29. The smallest absolute Gasteiger partial charge is 0.326 e. The van der Waals surface area contributed by atoms with Gasteiger partial charge in [-0.3, -0.25) is 9.59 Å². The molecule has 2 saturated heterocycles. The molecule has 27 heavy (non-hydrogen) atoms. The van der Waals surface area contributed by atoms with E-state index in [1.807, 2.05) is 4.90 Å². The number of aliphatic carboxylic acids is 1. The summed E-state index contributed by atoms with van der Waals surface area (Å²) in [5.41, 5.74) is 0. The fourth-order valence-electron chi connectivity index (χ4n) is 3.68. The number of nitrogens with zero attached hydrogens (tertiary/aromatic N) is 3. The number of hydrogen-bond acceptors (Lipinski definition) is 4. The first-order valence-electron chi connectivity index (χ1n) is 9.63. The predicted octanol–water partition coefficient (Wildman–Crippen LogP) is 0.352. The van der Waals surface area contributed by atoms with Gasteiger partial charge in [-0.25, -0.2) is 9.59 Å². The molecule has 2 aliphatic heterocycles. The summed E-state index contributed by atoms with van der Waals surface area (Å²) in [6.07, 6.45) is 3.37. The summed E-state index contributed by atoms with van der Waals surface area (Å²) < 4.78 is 0. The molecule has 2 rings (SSSR count). The maximum Gasteiger partial charge on any atom is 0.326 e. The van der Waals surface area contributed by atoms with E-state index in [1.54, 1.807) is 4.90 Å². The molecule has 2 heterocycles. The Bertz CT molecular complexity index is 576. The van der Waals surface area contributed by atoms with Crippen molar-refractivity contribution < 1.29 is 24.3 Å². The molecule has 9 nitrogen and oxygen atoms in total. The molecule has 0 aliphatic carbocycles. The van der Waals surface area contributed by atoms with E-state index < -0.39 is 17.9 Å². The molecule has 4 amide bonds. The van der Waals surface area contributed by atoms with Crippen LogP contribution in [-0.4, -0.2) is 88.9 Å². The Kier molecular flexibility index (Phi) is 7.44. The lowest BCUT2D eigenvalue weighted by molar-refractivity contribution is -0.152. The van der Waals surface area contributed by atoms with Crippen LogP contribution in [0.15, 0.2) is 0 Å². The number of carbonyl (C=O) groups is 4. The summed E-state index contributed by atoms with van der Waals surface area (Å²) in [6, 6.07) is -1.02. The lowest BCUT2D eigenvalue weighted by atomic mass is 9.96. The highest BCUT2D eigenvalue weighted by atomic mass is 16.4. The fourth-order valence-corrected chi connectivity index (χ4v) is 3.68. The van der Waals surface area contributed by atoms with Crippen LogP contribution in [0.25, 0.3) is 0 Å². The molecular weight excluding hydrogens is 352 g/mol. The minimum Gasteiger partial charge on any atom is -0.480 e. The van der Waals surface area contributed by atoms with E-state index in [9.17, 15) is 24.3 Å². The third kappa shape index (κ3) is 5.58. The number of carboxylic acid groups (broad SMARTS) is 1. The van der Waals surface area contributed by atoms with Gasteiger partial charge in [0.25, 0.3) is 0 Å². The number of urea groups is 1. The zero-order valence-electron chi connectivity index (χ0n) is 16.1. The zero-order valence-corrected chi connectivity index (χ0v) is 16.1. The van der Waals surface area contributed by atoms with Gasteiger partial charge in [-0.05, 0) is 32.6 Å². The highest BCUT2D eigenvalue weighted by Gasteiger charge is 2.36. The largest absolute Gasteiger partial charge is 0.480 e. The first kappa shape index (κ1) is 21.0. The molecule has 0 spiro atoms. The van der Waals surface area contributed by atoms with Crippen LogP contribution in [0.5, 0.6) is 0 Å². The Labute approximate surface area is 159 Å². The third-order valence-corrected chi connectivity index (χ3v) is 5.25. The van der Waals surface area contributed by atoms with Crippen molar-refractivity contribution in [1.82, 2.24) is 20.0 Å². The second kappa shape index (κ2) is 9.57. The average molecular weight is 382 g/mol. The highest BCUT2D eigenvalue weighted by molar-refractivity contribution is 5.86. The molecule has 0 radical (unpaired) electrons. The van der Waals surface area contributed by atoms with E-state index in [4.69, 9.17) is 0 Å². The molecule has 0 aromatic carbocycles. The first-order chi connectivity index (χ1) is 12.8. The molecule has 152 valence electrons. The van der Waals surface area contributed by atoms with Gasteiger partial charge >= 0.3 is 12.0 Å². The van der Waals surface area contributed by atoms with Crippen molar-refractivity contribution in [2.45, 2.75) is 45.6 Å². The van der Waals surface area contributed by atoms with Crippen molar-refractivity contribution in [3.05, 3.63) is 0 Å². The monoisotopic (exact) mass is 382 g/mol. The van der Waals surface area contributed by atoms with Crippen LogP contribution in [0.4, 0.5) is 4.79 Å². The van der Waals surface area contributed by atoms with Crippen LogP contribution in [0.2, 0.25) is 0 Å². The van der Waals surface area contributed by atoms with Crippen molar-refractivity contribution >= 4 is 23.8 Å². The Morgan fingerprint density at radius 2 is 1.74 bits per heavy atom.